The van der Waals surface area contributed by atoms with Crippen LogP contribution in [0.5, 0.6) is 11.5 Å². The molecule has 2 aromatic rings. The van der Waals surface area contributed by atoms with Gasteiger partial charge in [-0.3, -0.25) is 0 Å². The van der Waals surface area contributed by atoms with Crippen molar-refractivity contribution >= 4 is 22.0 Å². The molecule has 0 aliphatic heterocycles. The van der Waals surface area contributed by atoms with Gasteiger partial charge in [0.05, 0.1) is 4.47 Å². The third kappa shape index (κ3) is 5.49. The van der Waals surface area contributed by atoms with Crippen LogP contribution < -0.4 is 14.8 Å². The molecule has 0 saturated heterocycles. The average molecular weight is 404 g/mol. The first-order chi connectivity index (χ1) is 12.2. The van der Waals surface area contributed by atoms with E-state index in [0.29, 0.717) is 18.1 Å². The second-order valence-corrected chi connectivity index (χ2v) is 7.09. The lowest BCUT2D eigenvalue weighted by molar-refractivity contribution is 0.192. The molecule has 0 unspecified atom stereocenters. The predicted octanol–water partition coefficient (Wildman–Crippen LogP) is 5.45. The highest BCUT2D eigenvalue weighted by molar-refractivity contribution is 9.10. The summed E-state index contributed by atoms with van der Waals surface area (Å²) in [6.07, 6.45) is 5.27. The van der Waals surface area contributed by atoms with E-state index in [2.05, 4.69) is 21.2 Å². The molecule has 2 aromatic carbocycles. The number of nitrogens with one attached hydrogen (secondary N) is 1. The lowest BCUT2D eigenvalue weighted by Gasteiger charge is -2.22. The van der Waals surface area contributed by atoms with E-state index in [4.69, 9.17) is 9.47 Å². The Morgan fingerprint density at radius 2 is 1.84 bits per heavy atom. The molecule has 0 bridgehead atoms. The van der Waals surface area contributed by atoms with E-state index in [1.165, 1.54) is 19.3 Å². The Morgan fingerprint density at radius 3 is 2.56 bits per heavy atom. The SMILES string of the molecule is O=C(NC1CCCCC1)Oc1ccc(OCc2ccccc2)c(Br)c1. The number of benzene rings is 2. The number of hydrogen-bond acceptors (Lipinski definition) is 3. The highest BCUT2D eigenvalue weighted by Crippen LogP contribution is 2.30. The quantitative estimate of drug-likeness (QED) is 0.721. The molecule has 0 radical (unpaired) electrons. The fourth-order valence-corrected chi connectivity index (χ4v) is 3.42. The van der Waals surface area contributed by atoms with Gasteiger partial charge in [0.25, 0.3) is 0 Å². The van der Waals surface area contributed by atoms with E-state index >= 15 is 0 Å². The molecule has 132 valence electrons. The molecule has 0 aromatic heterocycles. The lowest BCUT2D eigenvalue weighted by atomic mass is 9.96. The van der Waals surface area contributed by atoms with Gasteiger partial charge in [0.2, 0.25) is 0 Å². The number of amides is 1. The summed E-state index contributed by atoms with van der Waals surface area (Å²) in [5, 5.41) is 2.94. The summed E-state index contributed by atoms with van der Waals surface area (Å²) in [5.41, 5.74) is 1.10. The second-order valence-electron chi connectivity index (χ2n) is 6.24. The van der Waals surface area contributed by atoms with Gasteiger partial charge in [-0.05, 0) is 52.5 Å². The van der Waals surface area contributed by atoms with Crippen molar-refractivity contribution in [2.24, 2.45) is 0 Å². The summed E-state index contributed by atoms with van der Waals surface area (Å²) in [4.78, 5) is 12.0. The van der Waals surface area contributed by atoms with Crippen molar-refractivity contribution in [1.82, 2.24) is 5.32 Å². The van der Waals surface area contributed by atoms with Gasteiger partial charge in [-0.15, -0.1) is 0 Å². The first-order valence-corrected chi connectivity index (χ1v) is 9.44. The van der Waals surface area contributed by atoms with Crippen LogP contribution in [0.1, 0.15) is 37.7 Å². The van der Waals surface area contributed by atoms with Crippen LogP contribution in [0.4, 0.5) is 4.79 Å². The molecule has 4 nitrogen and oxygen atoms in total. The van der Waals surface area contributed by atoms with Crippen molar-refractivity contribution in [2.45, 2.75) is 44.8 Å². The number of carbonyl (C=O) groups is 1. The van der Waals surface area contributed by atoms with Gasteiger partial charge in [0, 0.05) is 6.04 Å². The van der Waals surface area contributed by atoms with E-state index in [9.17, 15) is 4.79 Å². The minimum absolute atomic E-state index is 0.234. The Labute approximate surface area is 156 Å². The Balaban J connectivity index is 1.53. The molecule has 3 rings (SSSR count). The summed E-state index contributed by atoms with van der Waals surface area (Å²) in [6.45, 7) is 0.488. The van der Waals surface area contributed by atoms with Crippen molar-refractivity contribution in [2.75, 3.05) is 0 Å². The molecular weight excluding hydrogens is 382 g/mol. The maximum absolute atomic E-state index is 12.0. The van der Waals surface area contributed by atoms with Crippen LogP contribution in [-0.2, 0) is 6.61 Å². The van der Waals surface area contributed by atoms with Gasteiger partial charge in [0.15, 0.2) is 0 Å². The monoisotopic (exact) mass is 403 g/mol. The van der Waals surface area contributed by atoms with Crippen molar-refractivity contribution in [3.63, 3.8) is 0 Å². The summed E-state index contributed by atoms with van der Waals surface area (Å²) in [6, 6.07) is 15.5. The summed E-state index contributed by atoms with van der Waals surface area (Å²) in [7, 11) is 0. The molecule has 1 aliphatic rings. The molecule has 1 saturated carbocycles. The van der Waals surface area contributed by atoms with Crippen LogP contribution in [0.25, 0.3) is 0 Å². The molecule has 25 heavy (non-hydrogen) atoms. The third-order valence-electron chi connectivity index (χ3n) is 4.28. The van der Waals surface area contributed by atoms with Gasteiger partial charge in [-0.1, -0.05) is 49.6 Å². The van der Waals surface area contributed by atoms with Gasteiger partial charge >= 0.3 is 6.09 Å². The maximum atomic E-state index is 12.0. The van der Waals surface area contributed by atoms with Crippen LogP contribution in [0.15, 0.2) is 53.0 Å². The highest BCUT2D eigenvalue weighted by atomic mass is 79.9. The zero-order valence-corrected chi connectivity index (χ0v) is 15.6. The normalized spacial score (nSPS) is 14.8. The number of ether oxygens (including phenoxy) is 2. The Morgan fingerprint density at radius 1 is 1.08 bits per heavy atom. The average Bonchev–Trinajstić information content (AvgIpc) is 2.63. The number of rotatable bonds is 5. The van der Waals surface area contributed by atoms with Crippen LogP contribution in [0, 0.1) is 0 Å². The molecule has 5 heteroatoms. The van der Waals surface area contributed by atoms with Gasteiger partial charge < -0.3 is 14.8 Å². The van der Waals surface area contributed by atoms with Crippen molar-refractivity contribution < 1.29 is 14.3 Å². The van der Waals surface area contributed by atoms with E-state index in [1.807, 2.05) is 30.3 Å². The van der Waals surface area contributed by atoms with Crippen molar-refractivity contribution in [3.05, 3.63) is 58.6 Å². The fourth-order valence-electron chi connectivity index (χ4n) is 2.95. The summed E-state index contributed by atoms with van der Waals surface area (Å²) in [5.74, 6) is 1.20. The number of halogens is 1. The predicted molar refractivity (Wildman–Crippen MR) is 101 cm³/mol. The van der Waals surface area contributed by atoms with Gasteiger partial charge in [-0.25, -0.2) is 4.79 Å². The molecular formula is C20H22BrNO3. The Kier molecular flexibility index (Phi) is 6.34. The Bertz CT molecular complexity index is 699. The van der Waals surface area contributed by atoms with Crippen LogP contribution >= 0.6 is 15.9 Å². The van der Waals surface area contributed by atoms with Crippen LogP contribution in [0.2, 0.25) is 0 Å². The molecule has 0 atom stereocenters. The molecule has 0 spiro atoms. The third-order valence-corrected chi connectivity index (χ3v) is 4.90. The molecule has 1 fully saturated rings. The van der Waals surface area contributed by atoms with E-state index in [1.54, 1.807) is 18.2 Å². The van der Waals surface area contributed by atoms with Crippen LogP contribution in [0.3, 0.4) is 0 Å². The van der Waals surface area contributed by atoms with Crippen LogP contribution in [-0.4, -0.2) is 12.1 Å². The summed E-state index contributed by atoms with van der Waals surface area (Å²) >= 11 is 3.47. The number of carbonyl (C=O) groups excluding carboxylic acids is 1. The molecule has 1 aliphatic carbocycles. The topological polar surface area (TPSA) is 47.6 Å². The highest BCUT2D eigenvalue weighted by Gasteiger charge is 2.17. The zero-order chi connectivity index (χ0) is 17.5. The second kappa shape index (κ2) is 8.90. The first kappa shape index (κ1) is 17.8. The largest absolute Gasteiger partial charge is 0.488 e. The zero-order valence-electron chi connectivity index (χ0n) is 14.0. The standard InChI is InChI=1S/C20H22BrNO3/c21-18-13-17(25-20(23)22-16-9-5-2-6-10-16)11-12-19(18)24-14-15-7-3-1-4-8-15/h1,3-4,7-8,11-13,16H,2,5-6,9-10,14H2,(H,22,23). The first-order valence-electron chi connectivity index (χ1n) is 8.65. The molecule has 1 N–H and O–H groups in total. The van der Waals surface area contributed by atoms with Gasteiger partial charge in [-0.2, -0.15) is 0 Å². The fraction of sp³-hybridized carbons (Fsp3) is 0.350. The van der Waals surface area contributed by atoms with Crippen molar-refractivity contribution in [1.29, 1.82) is 0 Å². The van der Waals surface area contributed by atoms with Gasteiger partial charge in [0.1, 0.15) is 18.1 Å². The van der Waals surface area contributed by atoms with E-state index in [-0.39, 0.29) is 6.04 Å². The maximum Gasteiger partial charge on any atom is 0.412 e. The number of hydrogen-bond donors (Lipinski definition) is 1. The van der Waals surface area contributed by atoms with Crippen molar-refractivity contribution in [3.8, 4) is 11.5 Å². The minimum atomic E-state index is -0.392. The smallest absolute Gasteiger partial charge is 0.412 e. The Hall–Kier alpha value is -2.01. The summed E-state index contributed by atoms with van der Waals surface area (Å²) < 4.78 is 11.9. The van der Waals surface area contributed by atoms with E-state index in [0.717, 1.165) is 22.9 Å². The minimum Gasteiger partial charge on any atom is -0.488 e. The molecule has 0 heterocycles. The lowest BCUT2D eigenvalue weighted by Crippen LogP contribution is -2.37. The van der Waals surface area contributed by atoms with E-state index < -0.39 is 6.09 Å². The molecule has 1 amide bonds.